The molecular formula is C22H27NO. The summed E-state index contributed by atoms with van der Waals surface area (Å²) in [5.74, 6) is 1.03. The number of fused-ring (bicyclic) bond motifs is 2. The van der Waals surface area contributed by atoms with Crippen LogP contribution in [0.4, 0.5) is 0 Å². The molecule has 3 rings (SSSR count). The smallest absolute Gasteiger partial charge is 0.134 e. The minimum atomic E-state index is 0.787. The Bertz CT molecular complexity index is 727. The second kappa shape index (κ2) is 8.70. The highest BCUT2D eigenvalue weighted by atomic mass is 16.5. The van der Waals surface area contributed by atoms with E-state index in [4.69, 9.17) is 10.5 Å². The number of ether oxygens (including phenoxy) is 1. The Hall–Kier alpha value is -2.06. The first kappa shape index (κ1) is 16.8. The van der Waals surface area contributed by atoms with E-state index in [0.29, 0.717) is 0 Å². The molecule has 24 heavy (non-hydrogen) atoms. The van der Waals surface area contributed by atoms with Crippen LogP contribution in [-0.4, -0.2) is 13.2 Å². The molecule has 3 aromatic rings. The predicted octanol–water partition coefficient (Wildman–Crippen LogP) is 5.67. The van der Waals surface area contributed by atoms with E-state index < -0.39 is 0 Å². The normalized spacial score (nSPS) is 11.2. The van der Waals surface area contributed by atoms with Crippen LogP contribution in [-0.2, 0) is 0 Å². The van der Waals surface area contributed by atoms with Crippen LogP contribution in [0.1, 0.15) is 38.5 Å². The van der Waals surface area contributed by atoms with E-state index >= 15 is 0 Å². The van der Waals surface area contributed by atoms with E-state index in [1.165, 1.54) is 47.2 Å². The van der Waals surface area contributed by atoms with Gasteiger partial charge in [-0.15, -0.1) is 0 Å². The largest absolute Gasteiger partial charge is 0.492 e. The molecule has 2 N–H and O–H groups in total. The van der Waals surface area contributed by atoms with E-state index in [-0.39, 0.29) is 0 Å². The molecule has 0 radical (unpaired) electrons. The highest BCUT2D eigenvalue weighted by Crippen LogP contribution is 2.34. The number of nitrogens with two attached hydrogens (primary N) is 1. The molecule has 0 unspecified atom stereocenters. The van der Waals surface area contributed by atoms with Gasteiger partial charge in [-0.1, -0.05) is 74.2 Å². The van der Waals surface area contributed by atoms with Crippen molar-refractivity contribution in [3.63, 3.8) is 0 Å². The van der Waals surface area contributed by atoms with Gasteiger partial charge in [0.25, 0.3) is 0 Å². The summed E-state index contributed by atoms with van der Waals surface area (Å²) in [6, 6.07) is 19.2. The molecule has 0 amide bonds. The number of rotatable bonds is 9. The Balaban J connectivity index is 1.66. The second-order valence-electron chi connectivity index (χ2n) is 6.41. The fraction of sp³-hybridized carbons (Fsp3) is 0.364. The summed E-state index contributed by atoms with van der Waals surface area (Å²) < 4.78 is 6.24. The number of unbranched alkanes of at least 4 members (excludes halogenated alkanes) is 5. The van der Waals surface area contributed by atoms with Gasteiger partial charge >= 0.3 is 0 Å². The summed E-state index contributed by atoms with van der Waals surface area (Å²) in [4.78, 5) is 0. The molecule has 0 aliphatic rings. The SMILES string of the molecule is NCCCCCCCCOc1c2ccccc2cc2ccccc12. The second-order valence-corrected chi connectivity index (χ2v) is 6.41. The maximum Gasteiger partial charge on any atom is 0.134 e. The van der Waals surface area contributed by atoms with Crippen molar-refractivity contribution in [3.05, 3.63) is 54.6 Å². The third-order valence-electron chi connectivity index (χ3n) is 4.57. The van der Waals surface area contributed by atoms with Crippen molar-refractivity contribution in [2.75, 3.05) is 13.2 Å². The zero-order chi connectivity index (χ0) is 16.6. The molecule has 0 aliphatic heterocycles. The van der Waals surface area contributed by atoms with Crippen LogP contribution < -0.4 is 10.5 Å². The van der Waals surface area contributed by atoms with Crippen molar-refractivity contribution in [2.45, 2.75) is 38.5 Å². The monoisotopic (exact) mass is 321 g/mol. The number of hydrogen-bond donors (Lipinski definition) is 1. The van der Waals surface area contributed by atoms with Crippen LogP contribution in [0.2, 0.25) is 0 Å². The minimum absolute atomic E-state index is 0.787. The predicted molar refractivity (Wildman–Crippen MR) is 104 cm³/mol. The molecule has 0 spiro atoms. The molecule has 0 aliphatic carbocycles. The maximum absolute atomic E-state index is 6.24. The molecule has 0 fully saturated rings. The summed E-state index contributed by atoms with van der Waals surface area (Å²) in [7, 11) is 0. The van der Waals surface area contributed by atoms with E-state index in [0.717, 1.165) is 31.7 Å². The minimum Gasteiger partial charge on any atom is -0.492 e. The quantitative estimate of drug-likeness (QED) is 0.407. The zero-order valence-electron chi connectivity index (χ0n) is 14.3. The molecular weight excluding hydrogens is 294 g/mol. The third-order valence-corrected chi connectivity index (χ3v) is 4.57. The Morgan fingerprint density at radius 1 is 0.667 bits per heavy atom. The van der Waals surface area contributed by atoms with Gasteiger partial charge in [-0.25, -0.2) is 0 Å². The van der Waals surface area contributed by atoms with Gasteiger partial charge in [-0.05, 0) is 36.2 Å². The van der Waals surface area contributed by atoms with Crippen LogP contribution in [0.5, 0.6) is 5.75 Å². The average Bonchev–Trinajstić information content (AvgIpc) is 2.63. The van der Waals surface area contributed by atoms with Gasteiger partial charge in [-0.2, -0.15) is 0 Å². The zero-order valence-corrected chi connectivity index (χ0v) is 14.3. The molecule has 126 valence electrons. The van der Waals surface area contributed by atoms with Crippen LogP contribution in [0, 0.1) is 0 Å². The fourth-order valence-corrected chi connectivity index (χ4v) is 3.26. The molecule has 0 heterocycles. The first-order chi connectivity index (χ1) is 11.9. The van der Waals surface area contributed by atoms with Crippen LogP contribution >= 0.6 is 0 Å². The van der Waals surface area contributed by atoms with Gasteiger partial charge in [0.2, 0.25) is 0 Å². The van der Waals surface area contributed by atoms with Gasteiger partial charge < -0.3 is 10.5 Å². The Morgan fingerprint density at radius 3 is 1.83 bits per heavy atom. The van der Waals surface area contributed by atoms with E-state index in [1.807, 2.05) is 0 Å². The van der Waals surface area contributed by atoms with Crippen molar-refractivity contribution < 1.29 is 4.74 Å². The van der Waals surface area contributed by atoms with Crippen molar-refractivity contribution in [3.8, 4) is 5.75 Å². The Kier molecular flexibility index (Phi) is 6.08. The molecule has 0 saturated carbocycles. The highest BCUT2D eigenvalue weighted by molar-refractivity contribution is 6.05. The first-order valence-corrected chi connectivity index (χ1v) is 9.13. The highest BCUT2D eigenvalue weighted by Gasteiger charge is 2.08. The van der Waals surface area contributed by atoms with Crippen molar-refractivity contribution in [1.29, 1.82) is 0 Å². The van der Waals surface area contributed by atoms with Gasteiger partial charge in [-0.3, -0.25) is 0 Å². The molecule has 0 saturated heterocycles. The topological polar surface area (TPSA) is 35.2 Å². The fourth-order valence-electron chi connectivity index (χ4n) is 3.26. The van der Waals surface area contributed by atoms with Crippen LogP contribution in [0.3, 0.4) is 0 Å². The molecule has 0 aromatic heterocycles. The lowest BCUT2D eigenvalue weighted by atomic mass is 10.0. The van der Waals surface area contributed by atoms with E-state index in [1.54, 1.807) is 0 Å². The van der Waals surface area contributed by atoms with Crippen molar-refractivity contribution in [2.24, 2.45) is 5.73 Å². The van der Waals surface area contributed by atoms with E-state index in [9.17, 15) is 0 Å². The summed E-state index contributed by atoms with van der Waals surface area (Å²) in [6.07, 6.45) is 7.31. The molecule has 2 nitrogen and oxygen atoms in total. The first-order valence-electron chi connectivity index (χ1n) is 9.13. The van der Waals surface area contributed by atoms with E-state index in [2.05, 4.69) is 54.6 Å². The lowest BCUT2D eigenvalue weighted by Gasteiger charge is -2.13. The number of benzene rings is 3. The van der Waals surface area contributed by atoms with Gasteiger partial charge in [0.15, 0.2) is 0 Å². The Labute approximate surface area is 144 Å². The molecule has 0 atom stereocenters. The lowest BCUT2D eigenvalue weighted by Crippen LogP contribution is -1.99. The molecule has 0 bridgehead atoms. The summed E-state index contributed by atoms with van der Waals surface area (Å²) in [5.41, 5.74) is 5.53. The van der Waals surface area contributed by atoms with Crippen molar-refractivity contribution in [1.82, 2.24) is 0 Å². The van der Waals surface area contributed by atoms with Crippen LogP contribution in [0.15, 0.2) is 54.6 Å². The summed E-state index contributed by atoms with van der Waals surface area (Å²) in [6.45, 7) is 1.60. The summed E-state index contributed by atoms with van der Waals surface area (Å²) >= 11 is 0. The number of hydrogen-bond acceptors (Lipinski definition) is 2. The standard InChI is InChI=1S/C22H27NO/c23-15-9-3-1-2-4-10-16-24-22-20-13-7-5-11-18(20)17-19-12-6-8-14-21(19)22/h5-8,11-14,17H,1-4,9-10,15-16,23H2. The van der Waals surface area contributed by atoms with Gasteiger partial charge in [0, 0.05) is 10.8 Å². The van der Waals surface area contributed by atoms with Gasteiger partial charge in [0.1, 0.15) is 5.75 Å². The average molecular weight is 321 g/mol. The summed E-state index contributed by atoms with van der Waals surface area (Å²) in [5, 5.41) is 4.90. The van der Waals surface area contributed by atoms with Crippen molar-refractivity contribution >= 4 is 21.5 Å². The third kappa shape index (κ3) is 4.07. The van der Waals surface area contributed by atoms with Crippen LogP contribution in [0.25, 0.3) is 21.5 Å². The molecule has 3 aromatic carbocycles. The Morgan fingerprint density at radius 2 is 1.21 bits per heavy atom. The lowest BCUT2D eigenvalue weighted by molar-refractivity contribution is 0.311. The molecule has 2 heteroatoms. The van der Waals surface area contributed by atoms with Gasteiger partial charge in [0.05, 0.1) is 6.61 Å². The maximum atomic E-state index is 6.24.